The van der Waals surface area contributed by atoms with Gasteiger partial charge in [0.25, 0.3) is 5.91 Å². The molecule has 2 aromatic rings. The van der Waals surface area contributed by atoms with Gasteiger partial charge in [-0.15, -0.1) is 0 Å². The van der Waals surface area contributed by atoms with E-state index in [4.69, 9.17) is 27.9 Å². The van der Waals surface area contributed by atoms with E-state index in [1.165, 1.54) is 7.11 Å². The van der Waals surface area contributed by atoms with Crippen molar-refractivity contribution in [2.24, 2.45) is 11.3 Å². The third kappa shape index (κ3) is 7.17. The topological polar surface area (TPSA) is 129 Å². The highest BCUT2D eigenvalue weighted by Gasteiger charge is 2.40. The van der Waals surface area contributed by atoms with Gasteiger partial charge < -0.3 is 25.7 Å². The molecule has 1 aliphatic heterocycles. The number of halogens is 2. The van der Waals surface area contributed by atoms with Crippen molar-refractivity contribution in [3.05, 3.63) is 33.9 Å². The zero-order chi connectivity index (χ0) is 27.7. The zero-order valence-corrected chi connectivity index (χ0v) is 23.4. The van der Waals surface area contributed by atoms with Crippen molar-refractivity contribution in [1.29, 1.82) is 0 Å². The normalized spacial score (nSPS) is 18.7. The summed E-state index contributed by atoms with van der Waals surface area (Å²) in [6.07, 6.45) is 0.900. The van der Waals surface area contributed by atoms with Crippen LogP contribution in [-0.2, 0) is 19.1 Å². The predicted molar refractivity (Wildman–Crippen MR) is 143 cm³/mol. The summed E-state index contributed by atoms with van der Waals surface area (Å²) in [6.45, 7) is 9.61. The molecule has 0 aliphatic carbocycles. The first kappa shape index (κ1) is 28.8. The van der Waals surface area contributed by atoms with Crippen LogP contribution in [0.3, 0.4) is 0 Å². The Morgan fingerprint density at radius 1 is 1.16 bits per heavy atom. The number of rotatable bonds is 8. The highest BCUT2D eigenvalue weighted by Crippen LogP contribution is 2.31. The molecule has 4 N–H and O–H groups in total. The Morgan fingerprint density at radius 3 is 2.41 bits per heavy atom. The summed E-state index contributed by atoms with van der Waals surface area (Å²) < 4.78 is 4.90. The number of aromatic amines is 1. The number of methoxy groups -OCH3 is 1. The highest BCUT2D eigenvalue weighted by atomic mass is 35.5. The smallest absolute Gasteiger partial charge is 0.328 e. The molecule has 0 unspecified atom stereocenters. The zero-order valence-electron chi connectivity index (χ0n) is 21.9. The van der Waals surface area contributed by atoms with Gasteiger partial charge in [0.15, 0.2) is 0 Å². The van der Waals surface area contributed by atoms with Crippen LogP contribution in [0.1, 0.15) is 64.4 Å². The monoisotopic (exact) mass is 552 g/mol. The fraction of sp³-hybridized carbons (Fsp3) is 0.538. The predicted octanol–water partition coefficient (Wildman–Crippen LogP) is 3.97. The van der Waals surface area contributed by atoms with Gasteiger partial charge in [-0.1, -0.05) is 50.0 Å². The first-order valence-corrected chi connectivity index (χ1v) is 12.8. The van der Waals surface area contributed by atoms with Crippen molar-refractivity contribution in [2.45, 2.75) is 71.5 Å². The van der Waals surface area contributed by atoms with Crippen LogP contribution in [0.2, 0.25) is 10.0 Å². The van der Waals surface area contributed by atoms with Crippen molar-refractivity contribution >= 4 is 57.8 Å². The fourth-order valence-corrected chi connectivity index (χ4v) is 4.99. The van der Waals surface area contributed by atoms with Crippen molar-refractivity contribution in [3.63, 3.8) is 0 Å². The Bertz CT molecular complexity index is 1220. The van der Waals surface area contributed by atoms with Crippen LogP contribution in [-0.4, -0.2) is 53.4 Å². The number of hydrogen-bond donors (Lipinski definition) is 4. The summed E-state index contributed by atoms with van der Waals surface area (Å²) in [5.74, 6) is -2.36. The first-order chi connectivity index (χ1) is 17.1. The first-order valence-electron chi connectivity index (χ1n) is 12.1. The average Bonchev–Trinajstić information content (AvgIpc) is 3.34. The summed E-state index contributed by atoms with van der Waals surface area (Å²) in [6, 6.07) is 2.99. The van der Waals surface area contributed by atoms with Gasteiger partial charge >= 0.3 is 5.97 Å². The molecule has 1 fully saturated rings. The lowest BCUT2D eigenvalue weighted by molar-refractivity contribution is -0.146. The van der Waals surface area contributed by atoms with E-state index in [1.807, 2.05) is 34.6 Å². The number of nitrogens with one attached hydrogen (secondary N) is 4. The Labute approximate surface area is 226 Å². The van der Waals surface area contributed by atoms with E-state index in [0.29, 0.717) is 33.8 Å². The van der Waals surface area contributed by atoms with Crippen LogP contribution in [0.25, 0.3) is 10.9 Å². The van der Waals surface area contributed by atoms with E-state index in [2.05, 4.69) is 20.9 Å². The van der Waals surface area contributed by atoms with Gasteiger partial charge in [0.2, 0.25) is 11.8 Å². The number of H-pyrrole nitrogens is 1. The molecule has 3 rings (SSSR count). The minimum Gasteiger partial charge on any atom is -0.467 e. The average molecular weight is 553 g/mol. The van der Waals surface area contributed by atoms with Gasteiger partial charge in [-0.3, -0.25) is 14.4 Å². The SMILES string of the molecule is COC(=O)[C@H](C[C@@H]1CC(C)(C)NC1=O)NC(=O)[C@H](CC(C)(C)C)NC(=O)c1cc2ccc(Cl)c(Cl)c2[nH]1. The second kappa shape index (κ2) is 10.9. The fourth-order valence-electron chi connectivity index (χ4n) is 4.62. The number of aromatic nitrogens is 1. The molecule has 9 nitrogen and oxygen atoms in total. The van der Waals surface area contributed by atoms with E-state index in [0.717, 1.165) is 0 Å². The van der Waals surface area contributed by atoms with E-state index >= 15 is 0 Å². The van der Waals surface area contributed by atoms with Crippen molar-refractivity contribution in [3.8, 4) is 0 Å². The second-order valence-electron chi connectivity index (χ2n) is 11.4. The Balaban J connectivity index is 1.80. The van der Waals surface area contributed by atoms with Crippen molar-refractivity contribution in [2.75, 3.05) is 7.11 Å². The Kier molecular flexibility index (Phi) is 8.49. The van der Waals surface area contributed by atoms with E-state index < -0.39 is 41.3 Å². The molecule has 1 saturated heterocycles. The van der Waals surface area contributed by atoms with E-state index in [9.17, 15) is 19.2 Å². The maximum atomic E-state index is 13.4. The van der Waals surface area contributed by atoms with E-state index in [-0.39, 0.29) is 23.4 Å². The molecule has 0 bridgehead atoms. The quantitative estimate of drug-likeness (QED) is 0.368. The van der Waals surface area contributed by atoms with Crippen molar-refractivity contribution in [1.82, 2.24) is 20.9 Å². The Hall–Kier alpha value is -2.78. The van der Waals surface area contributed by atoms with Crippen LogP contribution in [0.4, 0.5) is 0 Å². The number of ether oxygens (including phenoxy) is 1. The number of benzene rings is 1. The molecule has 202 valence electrons. The Morgan fingerprint density at radius 2 is 1.84 bits per heavy atom. The standard InChI is InChI=1S/C26H34Cl2N4O5/c1-25(2,3)12-18(31-22(34)16-9-13-7-8-15(27)19(28)20(13)29-16)23(35)30-17(24(36)37-6)10-14-11-26(4,5)32-21(14)33/h7-9,14,17-18,29H,10-12H2,1-6H3,(H,30,35)(H,31,34)(H,32,33)/t14-,17+,18+/m1/s1. The van der Waals surface area contributed by atoms with Gasteiger partial charge in [-0.2, -0.15) is 0 Å². The number of carbonyl (C=O) groups excluding carboxylic acids is 4. The van der Waals surface area contributed by atoms with Crippen LogP contribution >= 0.6 is 23.2 Å². The molecule has 0 radical (unpaired) electrons. The number of amides is 3. The number of hydrogen-bond acceptors (Lipinski definition) is 5. The van der Waals surface area contributed by atoms with Gasteiger partial charge in [-0.05, 0) is 50.7 Å². The third-order valence-corrected chi connectivity index (χ3v) is 7.09. The molecule has 37 heavy (non-hydrogen) atoms. The van der Waals surface area contributed by atoms with Gasteiger partial charge in [0, 0.05) is 16.8 Å². The molecule has 3 amide bonds. The maximum Gasteiger partial charge on any atom is 0.328 e. The number of carbonyl (C=O) groups is 4. The molecule has 1 aliphatic rings. The van der Waals surface area contributed by atoms with Crippen molar-refractivity contribution < 1.29 is 23.9 Å². The minimum absolute atomic E-state index is 0.0884. The number of esters is 1. The summed E-state index contributed by atoms with van der Waals surface area (Å²) in [5, 5.41) is 9.71. The lowest BCUT2D eigenvalue weighted by Crippen LogP contribution is -2.53. The van der Waals surface area contributed by atoms with Gasteiger partial charge in [-0.25, -0.2) is 4.79 Å². The molecule has 1 aromatic heterocycles. The van der Waals surface area contributed by atoms with Gasteiger partial charge in [0.1, 0.15) is 17.8 Å². The third-order valence-electron chi connectivity index (χ3n) is 6.28. The lowest BCUT2D eigenvalue weighted by atomic mass is 9.87. The summed E-state index contributed by atoms with van der Waals surface area (Å²) in [7, 11) is 1.22. The molecule has 0 spiro atoms. The molecule has 2 heterocycles. The van der Waals surface area contributed by atoms with Crippen LogP contribution in [0.15, 0.2) is 18.2 Å². The second-order valence-corrected chi connectivity index (χ2v) is 12.2. The van der Waals surface area contributed by atoms with Crippen LogP contribution in [0, 0.1) is 11.3 Å². The summed E-state index contributed by atoms with van der Waals surface area (Å²) in [5.41, 5.74) is -0.00943. The largest absolute Gasteiger partial charge is 0.467 e. The molecule has 11 heteroatoms. The summed E-state index contributed by atoms with van der Waals surface area (Å²) >= 11 is 12.3. The molecule has 0 saturated carbocycles. The van der Waals surface area contributed by atoms with E-state index in [1.54, 1.807) is 18.2 Å². The lowest BCUT2D eigenvalue weighted by Gasteiger charge is -2.28. The summed E-state index contributed by atoms with van der Waals surface area (Å²) in [4.78, 5) is 54.4. The molecule has 1 aromatic carbocycles. The van der Waals surface area contributed by atoms with Gasteiger partial charge in [0.05, 0.1) is 22.7 Å². The van der Waals surface area contributed by atoms with Crippen LogP contribution < -0.4 is 16.0 Å². The number of fused-ring (bicyclic) bond motifs is 1. The highest BCUT2D eigenvalue weighted by molar-refractivity contribution is 6.45. The molecule has 3 atom stereocenters. The minimum atomic E-state index is -1.05. The maximum absolute atomic E-state index is 13.4. The van der Waals surface area contributed by atoms with Crippen LogP contribution in [0.5, 0.6) is 0 Å². The molecular weight excluding hydrogens is 519 g/mol. The molecular formula is C26H34Cl2N4O5.